The number of nitrogens with one attached hydrogen (secondary N) is 1. The molecule has 0 spiro atoms. The summed E-state index contributed by atoms with van der Waals surface area (Å²) in [5, 5.41) is 12.0. The van der Waals surface area contributed by atoms with Crippen molar-refractivity contribution < 1.29 is 14.6 Å². The van der Waals surface area contributed by atoms with Crippen LogP contribution in [0.4, 0.5) is 5.69 Å². The van der Waals surface area contributed by atoms with Crippen LogP contribution in [0.5, 0.6) is 11.5 Å². The first-order valence-corrected chi connectivity index (χ1v) is 8.04. The van der Waals surface area contributed by atoms with Gasteiger partial charge < -0.3 is 15.2 Å². The van der Waals surface area contributed by atoms with E-state index in [1.54, 1.807) is 12.1 Å². The van der Waals surface area contributed by atoms with E-state index in [1.165, 1.54) is 17.7 Å². The van der Waals surface area contributed by atoms with Gasteiger partial charge in [-0.2, -0.15) is 0 Å². The standard InChI is InChI=1S/C21H19NO3/c23-19-12-10-18(11-13-19)22-21(24)15-25-20-9-5-4-8-17(20)14-16-6-2-1-3-7-16/h1-13,23H,14-15H2,(H,22,24). The lowest BCUT2D eigenvalue weighted by Gasteiger charge is -2.12. The number of para-hydroxylation sites is 1. The normalized spacial score (nSPS) is 10.2. The summed E-state index contributed by atoms with van der Waals surface area (Å²) in [6.07, 6.45) is 0.747. The fourth-order valence-corrected chi connectivity index (χ4v) is 2.49. The lowest BCUT2D eigenvalue weighted by atomic mass is 10.0. The number of aromatic hydroxyl groups is 1. The second-order valence-electron chi connectivity index (χ2n) is 5.65. The van der Waals surface area contributed by atoms with Crippen LogP contribution in [0, 0.1) is 0 Å². The van der Waals surface area contributed by atoms with Crippen molar-refractivity contribution in [2.45, 2.75) is 6.42 Å². The molecule has 0 aliphatic heterocycles. The lowest BCUT2D eigenvalue weighted by molar-refractivity contribution is -0.118. The van der Waals surface area contributed by atoms with Crippen molar-refractivity contribution in [3.8, 4) is 11.5 Å². The topological polar surface area (TPSA) is 58.6 Å². The first-order chi connectivity index (χ1) is 12.2. The van der Waals surface area contributed by atoms with Gasteiger partial charge in [-0.25, -0.2) is 0 Å². The number of hydrogen-bond acceptors (Lipinski definition) is 3. The van der Waals surface area contributed by atoms with Crippen molar-refractivity contribution >= 4 is 11.6 Å². The largest absolute Gasteiger partial charge is 0.508 e. The molecule has 0 unspecified atom stereocenters. The number of rotatable bonds is 6. The van der Waals surface area contributed by atoms with Gasteiger partial charge >= 0.3 is 0 Å². The summed E-state index contributed by atoms with van der Waals surface area (Å²) in [6, 6.07) is 24.1. The summed E-state index contributed by atoms with van der Waals surface area (Å²) in [4.78, 5) is 12.0. The van der Waals surface area contributed by atoms with Gasteiger partial charge in [0.1, 0.15) is 11.5 Å². The molecule has 0 aliphatic carbocycles. The number of carbonyl (C=O) groups excluding carboxylic acids is 1. The molecule has 0 atom stereocenters. The van der Waals surface area contributed by atoms with Crippen molar-refractivity contribution in [2.75, 3.05) is 11.9 Å². The van der Waals surface area contributed by atoms with Crippen LogP contribution in [0.25, 0.3) is 0 Å². The maximum atomic E-state index is 12.0. The molecule has 0 aliphatic rings. The van der Waals surface area contributed by atoms with Crippen LogP contribution in [0.15, 0.2) is 78.9 Å². The maximum Gasteiger partial charge on any atom is 0.262 e. The third-order valence-electron chi connectivity index (χ3n) is 3.72. The number of benzene rings is 3. The predicted octanol–water partition coefficient (Wildman–Crippen LogP) is 4.00. The number of amides is 1. The number of hydrogen-bond donors (Lipinski definition) is 2. The zero-order valence-corrected chi connectivity index (χ0v) is 13.7. The van der Waals surface area contributed by atoms with E-state index < -0.39 is 0 Å². The van der Waals surface area contributed by atoms with Gasteiger partial charge in [0, 0.05) is 12.1 Å². The molecular formula is C21H19NO3. The summed E-state index contributed by atoms with van der Waals surface area (Å²) in [7, 11) is 0. The second-order valence-corrected chi connectivity index (χ2v) is 5.65. The van der Waals surface area contributed by atoms with E-state index in [-0.39, 0.29) is 18.3 Å². The molecule has 0 radical (unpaired) electrons. The fraction of sp³-hybridized carbons (Fsp3) is 0.0952. The number of ether oxygens (including phenoxy) is 1. The number of phenols is 1. The van der Waals surface area contributed by atoms with Crippen molar-refractivity contribution in [2.24, 2.45) is 0 Å². The summed E-state index contributed by atoms with van der Waals surface area (Å²) in [5.74, 6) is 0.608. The van der Waals surface area contributed by atoms with E-state index in [0.29, 0.717) is 11.4 Å². The van der Waals surface area contributed by atoms with E-state index in [1.807, 2.05) is 42.5 Å². The Morgan fingerprint density at radius 3 is 2.32 bits per heavy atom. The molecule has 4 nitrogen and oxygen atoms in total. The number of carbonyl (C=O) groups is 1. The minimum absolute atomic E-state index is 0.0767. The molecule has 0 heterocycles. The first-order valence-electron chi connectivity index (χ1n) is 8.04. The minimum Gasteiger partial charge on any atom is -0.508 e. The van der Waals surface area contributed by atoms with Crippen LogP contribution >= 0.6 is 0 Å². The van der Waals surface area contributed by atoms with Gasteiger partial charge in [-0.1, -0.05) is 48.5 Å². The molecule has 0 aromatic heterocycles. The van der Waals surface area contributed by atoms with E-state index in [0.717, 1.165) is 12.0 Å². The van der Waals surface area contributed by atoms with E-state index in [9.17, 15) is 9.90 Å². The van der Waals surface area contributed by atoms with Crippen LogP contribution < -0.4 is 10.1 Å². The Bertz CT molecular complexity index is 829. The molecule has 0 saturated carbocycles. The van der Waals surface area contributed by atoms with Gasteiger partial charge in [-0.15, -0.1) is 0 Å². The van der Waals surface area contributed by atoms with Crippen LogP contribution in [0.3, 0.4) is 0 Å². The zero-order valence-electron chi connectivity index (χ0n) is 13.7. The molecule has 0 bridgehead atoms. The summed E-state index contributed by atoms with van der Waals surface area (Å²) >= 11 is 0. The Morgan fingerprint density at radius 2 is 1.56 bits per heavy atom. The average Bonchev–Trinajstić information content (AvgIpc) is 2.64. The quantitative estimate of drug-likeness (QED) is 0.670. The molecule has 3 rings (SSSR count). The van der Waals surface area contributed by atoms with Crippen LogP contribution in [-0.2, 0) is 11.2 Å². The highest BCUT2D eigenvalue weighted by Crippen LogP contribution is 2.21. The molecule has 3 aromatic carbocycles. The molecule has 4 heteroatoms. The Kier molecular flexibility index (Phi) is 5.32. The third kappa shape index (κ3) is 4.85. The van der Waals surface area contributed by atoms with Gasteiger partial charge in [0.25, 0.3) is 5.91 Å². The highest BCUT2D eigenvalue weighted by Gasteiger charge is 2.08. The van der Waals surface area contributed by atoms with Crippen molar-refractivity contribution in [1.82, 2.24) is 0 Å². The van der Waals surface area contributed by atoms with Gasteiger partial charge in [0.05, 0.1) is 0 Å². The predicted molar refractivity (Wildman–Crippen MR) is 97.9 cm³/mol. The Morgan fingerprint density at radius 1 is 0.880 bits per heavy atom. The van der Waals surface area contributed by atoms with E-state index in [4.69, 9.17) is 4.74 Å². The smallest absolute Gasteiger partial charge is 0.262 e. The van der Waals surface area contributed by atoms with Gasteiger partial charge in [-0.3, -0.25) is 4.79 Å². The van der Waals surface area contributed by atoms with Crippen LogP contribution in [0.2, 0.25) is 0 Å². The third-order valence-corrected chi connectivity index (χ3v) is 3.72. The fourth-order valence-electron chi connectivity index (χ4n) is 2.49. The number of phenolic OH excluding ortho intramolecular Hbond substituents is 1. The molecule has 2 N–H and O–H groups in total. The highest BCUT2D eigenvalue weighted by atomic mass is 16.5. The molecule has 1 amide bonds. The van der Waals surface area contributed by atoms with Crippen molar-refractivity contribution in [3.63, 3.8) is 0 Å². The summed E-state index contributed by atoms with van der Waals surface area (Å²) in [6.45, 7) is -0.0767. The van der Waals surface area contributed by atoms with Crippen molar-refractivity contribution in [1.29, 1.82) is 0 Å². The van der Waals surface area contributed by atoms with Crippen LogP contribution in [-0.4, -0.2) is 17.6 Å². The summed E-state index contributed by atoms with van der Waals surface area (Å²) in [5.41, 5.74) is 2.84. The molecule has 25 heavy (non-hydrogen) atoms. The molecule has 3 aromatic rings. The first kappa shape index (κ1) is 16.6. The Hall–Kier alpha value is -3.27. The van der Waals surface area contributed by atoms with Gasteiger partial charge in [0.15, 0.2) is 6.61 Å². The molecule has 0 fully saturated rings. The summed E-state index contributed by atoms with van der Waals surface area (Å²) < 4.78 is 5.71. The Balaban J connectivity index is 1.61. The molecule has 0 saturated heterocycles. The maximum absolute atomic E-state index is 12.0. The second kappa shape index (κ2) is 8.02. The zero-order chi connectivity index (χ0) is 17.5. The molecular weight excluding hydrogens is 314 g/mol. The Labute approximate surface area is 146 Å². The number of anilines is 1. The van der Waals surface area contributed by atoms with E-state index >= 15 is 0 Å². The molecule has 126 valence electrons. The van der Waals surface area contributed by atoms with E-state index in [2.05, 4.69) is 17.4 Å². The van der Waals surface area contributed by atoms with Crippen molar-refractivity contribution in [3.05, 3.63) is 90.0 Å². The highest BCUT2D eigenvalue weighted by molar-refractivity contribution is 5.91. The van der Waals surface area contributed by atoms with Gasteiger partial charge in [0.2, 0.25) is 0 Å². The van der Waals surface area contributed by atoms with Crippen LogP contribution in [0.1, 0.15) is 11.1 Å². The SMILES string of the molecule is O=C(COc1ccccc1Cc1ccccc1)Nc1ccc(O)cc1. The monoisotopic (exact) mass is 333 g/mol. The average molecular weight is 333 g/mol. The van der Waals surface area contributed by atoms with Gasteiger partial charge in [-0.05, 0) is 41.5 Å². The minimum atomic E-state index is -0.250. The lowest BCUT2D eigenvalue weighted by Crippen LogP contribution is -2.20.